The smallest absolute Gasteiger partial charge is 0.163 e. The quantitative estimate of drug-likeness (QED) is 0.872. The lowest BCUT2D eigenvalue weighted by Crippen LogP contribution is -2.22. The van der Waals surface area contributed by atoms with Gasteiger partial charge in [0.25, 0.3) is 0 Å². The first-order chi connectivity index (χ1) is 10.2. The molecule has 2 N–H and O–H groups in total. The summed E-state index contributed by atoms with van der Waals surface area (Å²) in [6.07, 6.45) is 3.10. The summed E-state index contributed by atoms with van der Waals surface area (Å²) in [5, 5.41) is 8.43. The van der Waals surface area contributed by atoms with Crippen molar-refractivity contribution in [2.45, 2.75) is 32.2 Å². The summed E-state index contributed by atoms with van der Waals surface area (Å²) in [5.74, 6) is 1.59. The van der Waals surface area contributed by atoms with Crippen molar-refractivity contribution < 1.29 is 9.47 Å². The monoisotopic (exact) mass is 288 g/mol. The van der Waals surface area contributed by atoms with Crippen LogP contribution in [0, 0.1) is 0 Å². The molecule has 1 aromatic heterocycles. The molecule has 1 saturated heterocycles. The fourth-order valence-electron chi connectivity index (χ4n) is 2.38. The normalized spacial score (nSPS) is 18.8. The van der Waals surface area contributed by atoms with Gasteiger partial charge in [-0.05, 0) is 43.5 Å². The van der Waals surface area contributed by atoms with E-state index in [1.807, 2.05) is 35.9 Å². The third-order valence-corrected chi connectivity index (χ3v) is 3.67. The Labute approximate surface area is 123 Å². The molecule has 1 unspecified atom stereocenters. The lowest BCUT2D eigenvalue weighted by atomic mass is 10.2. The van der Waals surface area contributed by atoms with Crippen molar-refractivity contribution >= 4 is 5.69 Å². The van der Waals surface area contributed by atoms with Crippen molar-refractivity contribution in [1.82, 2.24) is 14.8 Å². The third-order valence-electron chi connectivity index (χ3n) is 3.67. The van der Waals surface area contributed by atoms with Gasteiger partial charge in [0.1, 0.15) is 6.61 Å². The van der Waals surface area contributed by atoms with E-state index < -0.39 is 0 Å². The number of rotatable bonds is 4. The number of nitrogens with zero attached hydrogens (tertiary/aromatic N) is 3. The highest BCUT2D eigenvalue weighted by Crippen LogP contribution is 2.20. The second kappa shape index (κ2) is 6.24. The maximum absolute atomic E-state index is 5.75. The number of aromatic nitrogens is 3. The summed E-state index contributed by atoms with van der Waals surface area (Å²) in [4.78, 5) is 0. The van der Waals surface area contributed by atoms with Gasteiger partial charge in [-0.25, -0.2) is 0 Å². The average molecular weight is 288 g/mol. The summed E-state index contributed by atoms with van der Waals surface area (Å²) in [6.45, 7) is 1.18. The number of hydrogen-bond donors (Lipinski definition) is 1. The Kier molecular flexibility index (Phi) is 4.17. The first-order valence-corrected chi connectivity index (χ1v) is 7.21. The Morgan fingerprint density at radius 3 is 2.81 bits per heavy atom. The Bertz CT molecular complexity index is 588. The van der Waals surface area contributed by atoms with Crippen LogP contribution >= 0.6 is 0 Å². The molecular formula is C15H20N4O2. The van der Waals surface area contributed by atoms with E-state index in [1.165, 1.54) is 0 Å². The van der Waals surface area contributed by atoms with Gasteiger partial charge < -0.3 is 19.8 Å². The van der Waals surface area contributed by atoms with E-state index in [9.17, 15) is 0 Å². The molecule has 1 atom stereocenters. The predicted molar refractivity (Wildman–Crippen MR) is 79.2 cm³/mol. The molecule has 2 heterocycles. The van der Waals surface area contributed by atoms with Crippen LogP contribution in [0.25, 0.3) is 11.4 Å². The Hall–Kier alpha value is -1.92. The molecule has 1 aromatic carbocycles. The third kappa shape index (κ3) is 3.22. The van der Waals surface area contributed by atoms with E-state index in [-0.39, 0.29) is 6.29 Å². The van der Waals surface area contributed by atoms with Gasteiger partial charge >= 0.3 is 0 Å². The minimum atomic E-state index is -0.115. The zero-order valence-electron chi connectivity index (χ0n) is 12.2. The SMILES string of the molecule is Cn1c(COC2CCCCO2)nnc1-c1ccc(N)cc1. The van der Waals surface area contributed by atoms with Crippen LogP contribution in [-0.2, 0) is 23.1 Å². The number of nitrogens with two attached hydrogens (primary N) is 1. The Morgan fingerprint density at radius 1 is 1.29 bits per heavy atom. The first-order valence-electron chi connectivity index (χ1n) is 7.21. The van der Waals surface area contributed by atoms with E-state index in [1.54, 1.807) is 0 Å². The minimum Gasteiger partial charge on any atom is -0.399 e. The topological polar surface area (TPSA) is 75.2 Å². The van der Waals surface area contributed by atoms with Crippen LogP contribution in [-0.4, -0.2) is 27.7 Å². The Morgan fingerprint density at radius 2 is 2.10 bits per heavy atom. The average Bonchev–Trinajstić information content (AvgIpc) is 2.88. The van der Waals surface area contributed by atoms with E-state index >= 15 is 0 Å². The summed E-state index contributed by atoms with van der Waals surface area (Å²) >= 11 is 0. The molecule has 0 bridgehead atoms. The van der Waals surface area contributed by atoms with Gasteiger partial charge in [0.05, 0.1) is 0 Å². The highest BCUT2D eigenvalue weighted by molar-refractivity contribution is 5.58. The van der Waals surface area contributed by atoms with Crippen molar-refractivity contribution in [3.05, 3.63) is 30.1 Å². The lowest BCUT2D eigenvalue weighted by molar-refractivity contribution is -0.170. The molecule has 6 nitrogen and oxygen atoms in total. The van der Waals surface area contributed by atoms with Crippen LogP contribution in [0.1, 0.15) is 25.1 Å². The maximum Gasteiger partial charge on any atom is 0.163 e. The molecule has 1 fully saturated rings. The zero-order chi connectivity index (χ0) is 14.7. The molecule has 0 radical (unpaired) electrons. The highest BCUT2D eigenvalue weighted by atomic mass is 16.7. The largest absolute Gasteiger partial charge is 0.399 e. The predicted octanol–water partition coefficient (Wildman–Crippen LogP) is 2.11. The van der Waals surface area contributed by atoms with Gasteiger partial charge in [-0.3, -0.25) is 0 Å². The molecule has 21 heavy (non-hydrogen) atoms. The minimum absolute atomic E-state index is 0.115. The van der Waals surface area contributed by atoms with E-state index in [0.29, 0.717) is 6.61 Å². The zero-order valence-corrected chi connectivity index (χ0v) is 12.2. The molecule has 1 aliphatic rings. The van der Waals surface area contributed by atoms with Gasteiger partial charge in [-0.2, -0.15) is 0 Å². The second-order valence-electron chi connectivity index (χ2n) is 5.23. The molecule has 0 saturated carbocycles. The van der Waals surface area contributed by atoms with Crippen LogP contribution < -0.4 is 5.73 Å². The summed E-state index contributed by atoms with van der Waals surface area (Å²) in [6, 6.07) is 7.59. The molecule has 0 spiro atoms. The van der Waals surface area contributed by atoms with Crippen molar-refractivity contribution in [2.24, 2.45) is 7.05 Å². The Balaban J connectivity index is 1.68. The van der Waals surface area contributed by atoms with Gasteiger partial charge in [-0.1, -0.05) is 0 Å². The van der Waals surface area contributed by atoms with E-state index in [4.69, 9.17) is 15.2 Å². The van der Waals surface area contributed by atoms with Crippen molar-refractivity contribution in [3.63, 3.8) is 0 Å². The molecule has 0 aliphatic carbocycles. The van der Waals surface area contributed by atoms with Gasteiger partial charge in [0, 0.05) is 24.9 Å². The number of ether oxygens (including phenoxy) is 2. The van der Waals surface area contributed by atoms with E-state index in [2.05, 4.69) is 10.2 Å². The van der Waals surface area contributed by atoms with Crippen LogP contribution in [0.5, 0.6) is 0 Å². The maximum atomic E-state index is 5.75. The second-order valence-corrected chi connectivity index (χ2v) is 5.23. The fraction of sp³-hybridized carbons (Fsp3) is 0.467. The van der Waals surface area contributed by atoms with Crippen LogP contribution in [0.3, 0.4) is 0 Å². The molecule has 6 heteroatoms. The lowest BCUT2D eigenvalue weighted by Gasteiger charge is -2.22. The van der Waals surface area contributed by atoms with Crippen LogP contribution in [0.2, 0.25) is 0 Å². The molecule has 112 valence electrons. The number of benzene rings is 1. The van der Waals surface area contributed by atoms with Gasteiger partial charge in [-0.15, -0.1) is 10.2 Å². The standard InChI is InChI=1S/C15H20N4O2/c1-19-13(10-21-14-4-2-3-9-20-14)17-18-15(19)11-5-7-12(16)8-6-11/h5-8,14H,2-4,9-10,16H2,1H3. The van der Waals surface area contributed by atoms with Crippen molar-refractivity contribution in [2.75, 3.05) is 12.3 Å². The fourth-order valence-corrected chi connectivity index (χ4v) is 2.38. The number of hydrogen-bond acceptors (Lipinski definition) is 5. The molecule has 2 aromatic rings. The highest BCUT2D eigenvalue weighted by Gasteiger charge is 2.16. The number of anilines is 1. The summed E-state index contributed by atoms with van der Waals surface area (Å²) in [7, 11) is 1.94. The van der Waals surface area contributed by atoms with Crippen molar-refractivity contribution in [3.8, 4) is 11.4 Å². The molecule has 0 amide bonds. The van der Waals surface area contributed by atoms with E-state index in [0.717, 1.165) is 48.8 Å². The molecular weight excluding hydrogens is 268 g/mol. The molecule has 1 aliphatic heterocycles. The summed E-state index contributed by atoms with van der Waals surface area (Å²) < 4.78 is 13.2. The van der Waals surface area contributed by atoms with Gasteiger partial charge in [0.2, 0.25) is 0 Å². The van der Waals surface area contributed by atoms with Crippen molar-refractivity contribution in [1.29, 1.82) is 0 Å². The molecule has 3 rings (SSSR count). The number of nitrogen functional groups attached to an aromatic ring is 1. The van der Waals surface area contributed by atoms with Gasteiger partial charge in [0.15, 0.2) is 17.9 Å². The van der Waals surface area contributed by atoms with Crippen LogP contribution in [0.15, 0.2) is 24.3 Å². The first kappa shape index (κ1) is 14.0. The summed E-state index contributed by atoms with van der Waals surface area (Å²) in [5.41, 5.74) is 7.42. The van der Waals surface area contributed by atoms with Crippen LogP contribution in [0.4, 0.5) is 5.69 Å².